The fraction of sp³-hybridized carbons (Fsp3) is 0.348. The Hall–Kier alpha value is -2.99. The molecule has 1 aliphatic rings. The van der Waals surface area contributed by atoms with E-state index >= 15 is 0 Å². The van der Waals surface area contributed by atoms with Crippen molar-refractivity contribution in [3.63, 3.8) is 0 Å². The molecule has 1 aromatic heterocycles. The SMILES string of the molecule is COc1cc2c(C(C)=O)c(C)n(-c3ccc(N4CCOCC4)cc3)c2cc1OC. The predicted molar refractivity (Wildman–Crippen MR) is 114 cm³/mol. The van der Waals surface area contributed by atoms with Crippen LogP contribution in [0.3, 0.4) is 0 Å². The molecule has 0 bridgehead atoms. The molecule has 1 saturated heterocycles. The van der Waals surface area contributed by atoms with Crippen LogP contribution >= 0.6 is 0 Å². The van der Waals surface area contributed by atoms with Crippen molar-refractivity contribution in [2.75, 3.05) is 45.4 Å². The number of benzene rings is 2. The maximum absolute atomic E-state index is 12.4. The lowest BCUT2D eigenvalue weighted by atomic mass is 10.1. The summed E-state index contributed by atoms with van der Waals surface area (Å²) < 4.78 is 18.5. The minimum Gasteiger partial charge on any atom is -0.493 e. The third-order valence-corrected chi connectivity index (χ3v) is 5.55. The molecule has 152 valence electrons. The van der Waals surface area contributed by atoms with Gasteiger partial charge in [0.05, 0.1) is 33.0 Å². The van der Waals surface area contributed by atoms with Crippen LogP contribution < -0.4 is 14.4 Å². The molecule has 0 atom stereocenters. The van der Waals surface area contributed by atoms with Gasteiger partial charge in [0, 0.05) is 47.2 Å². The van der Waals surface area contributed by atoms with E-state index in [0.717, 1.165) is 48.6 Å². The Kier molecular flexibility index (Phi) is 5.20. The Morgan fingerprint density at radius 3 is 2.14 bits per heavy atom. The van der Waals surface area contributed by atoms with Gasteiger partial charge in [-0.3, -0.25) is 4.79 Å². The molecule has 6 heteroatoms. The van der Waals surface area contributed by atoms with Crippen LogP contribution in [0.25, 0.3) is 16.6 Å². The van der Waals surface area contributed by atoms with Crippen molar-refractivity contribution in [1.29, 1.82) is 0 Å². The number of fused-ring (bicyclic) bond motifs is 1. The normalized spacial score (nSPS) is 14.3. The number of methoxy groups -OCH3 is 2. The van der Waals surface area contributed by atoms with Gasteiger partial charge in [-0.05, 0) is 44.2 Å². The quantitative estimate of drug-likeness (QED) is 0.613. The van der Waals surface area contributed by atoms with E-state index in [1.807, 2.05) is 19.1 Å². The number of hydrogen-bond donors (Lipinski definition) is 0. The molecule has 0 unspecified atom stereocenters. The number of hydrogen-bond acceptors (Lipinski definition) is 5. The highest BCUT2D eigenvalue weighted by Crippen LogP contribution is 2.38. The summed E-state index contributed by atoms with van der Waals surface area (Å²) in [6.07, 6.45) is 0. The zero-order chi connectivity index (χ0) is 20.5. The van der Waals surface area contributed by atoms with Crippen LogP contribution in [0.5, 0.6) is 11.5 Å². The van der Waals surface area contributed by atoms with Gasteiger partial charge in [-0.2, -0.15) is 0 Å². The molecule has 1 fully saturated rings. The topological polar surface area (TPSA) is 52.9 Å². The molecule has 3 aromatic rings. The van der Waals surface area contributed by atoms with Crippen molar-refractivity contribution in [3.8, 4) is 17.2 Å². The van der Waals surface area contributed by atoms with Crippen LogP contribution in [0.2, 0.25) is 0 Å². The summed E-state index contributed by atoms with van der Waals surface area (Å²) in [6.45, 7) is 6.89. The number of ether oxygens (including phenoxy) is 3. The van der Waals surface area contributed by atoms with Gasteiger partial charge in [-0.25, -0.2) is 0 Å². The first kappa shape index (κ1) is 19.3. The third kappa shape index (κ3) is 3.34. The van der Waals surface area contributed by atoms with Crippen molar-refractivity contribution in [3.05, 3.63) is 47.7 Å². The van der Waals surface area contributed by atoms with Gasteiger partial charge in [-0.15, -0.1) is 0 Å². The Balaban J connectivity index is 1.86. The van der Waals surface area contributed by atoms with E-state index in [1.54, 1.807) is 21.1 Å². The molecule has 1 aliphatic heterocycles. The summed E-state index contributed by atoms with van der Waals surface area (Å²) >= 11 is 0. The van der Waals surface area contributed by atoms with Gasteiger partial charge in [0.1, 0.15) is 0 Å². The minimum atomic E-state index is 0.0309. The Morgan fingerprint density at radius 2 is 1.55 bits per heavy atom. The average Bonchev–Trinajstić information content (AvgIpc) is 3.04. The van der Waals surface area contributed by atoms with Crippen LogP contribution in [0, 0.1) is 6.92 Å². The van der Waals surface area contributed by atoms with E-state index in [4.69, 9.17) is 14.2 Å². The second-order valence-electron chi connectivity index (χ2n) is 7.19. The molecule has 4 rings (SSSR count). The molecule has 0 N–H and O–H groups in total. The highest BCUT2D eigenvalue weighted by atomic mass is 16.5. The highest BCUT2D eigenvalue weighted by Gasteiger charge is 2.21. The Morgan fingerprint density at radius 1 is 0.966 bits per heavy atom. The lowest BCUT2D eigenvalue weighted by Crippen LogP contribution is -2.36. The molecule has 0 amide bonds. The van der Waals surface area contributed by atoms with E-state index in [9.17, 15) is 4.79 Å². The first-order valence-corrected chi connectivity index (χ1v) is 9.76. The molecule has 0 spiro atoms. The van der Waals surface area contributed by atoms with Gasteiger partial charge >= 0.3 is 0 Å². The fourth-order valence-corrected chi connectivity index (χ4v) is 4.15. The molecule has 2 aromatic carbocycles. The number of morpholine rings is 1. The summed E-state index contributed by atoms with van der Waals surface area (Å²) in [5.74, 6) is 1.28. The van der Waals surface area contributed by atoms with Gasteiger partial charge < -0.3 is 23.7 Å². The van der Waals surface area contributed by atoms with E-state index in [2.05, 4.69) is 33.7 Å². The first-order valence-electron chi connectivity index (χ1n) is 9.76. The van der Waals surface area contributed by atoms with Crippen LogP contribution in [0.1, 0.15) is 23.0 Å². The lowest BCUT2D eigenvalue weighted by molar-refractivity contribution is 0.101. The number of carbonyl (C=O) groups is 1. The van der Waals surface area contributed by atoms with Crippen LogP contribution in [-0.4, -0.2) is 50.9 Å². The number of carbonyl (C=O) groups excluding carboxylic acids is 1. The summed E-state index contributed by atoms with van der Waals surface area (Å²) in [5, 5.41) is 0.866. The average molecular weight is 394 g/mol. The van der Waals surface area contributed by atoms with E-state index in [-0.39, 0.29) is 5.78 Å². The van der Waals surface area contributed by atoms with Crippen molar-refractivity contribution >= 4 is 22.4 Å². The summed E-state index contributed by atoms with van der Waals surface area (Å²) in [5.41, 5.74) is 4.71. The van der Waals surface area contributed by atoms with Gasteiger partial charge in [0.15, 0.2) is 17.3 Å². The number of aromatic nitrogens is 1. The predicted octanol–water partition coefficient (Wildman–Crippen LogP) is 4.00. The first-order chi connectivity index (χ1) is 14.0. The van der Waals surface area contributed by atoms with Crippen molar-refractivity contribution in [2.45, 2.75) is 13.8 Å². The fourth-order valence-electron chi connectivity index (χ4n) is 4.15. The highest BCUT2D eigenvalue weighted by molar-refractivity contribution is 6.09. The molecule has 6 nitrogen and oxygen atoms in total. The number of nitrogens with zero attached hydrogens (tertiary/aromatic N) is 2. The maximum atomic E-state index is 12.4. The van der Waals surface area contributed by atoms with E-state index in [0.29, 0.717) is 17.1 Å². The number of ketones is 1. The molecule has 0 radical (unpaired) electrons. The summed E-state index contributed by atoms with van der Waals surface area (Å²) in [4.78, 5) is 14.8. The second kappa shape index (κ2) is 7.79. The molecule has 29 heavy (non-hydrogen) atoms. The van der Waals surface area contributed by atoms with Crippen LogP contribution in [0.15, 0.2) is 36.4 Å². The zero-order valence-electron chi connectivity index (χ0n) is 17.3. The number of anilines is 1. The molecular formula is C23H26N2O4. The molecule has 0 saturated carbocycles. The standard InChI is InChI=1S/C23H26N2O4/c1-15-23(16(2)26)19-13-21(27-3)22(28-4)14-20(19)25(15)18-7-5-17(6-8-18)24-9-11-29-12-10-24/h5-8,13-14H,9-12H2,1-4H3. The Labute approximate surface area is 170 Å². The smallest absolute Gasteiger partial charge is 0.162 e. The van der Waals surface area contributed by atoms with Gasteiger partial charge in [0.25, 0.3) is 0 Å². The minimum absolute atomic E-state index is 0.0309. The molecule has 0 aliphatic carbocycles. The van der Waals surface area contributed by atoms with Crippen LogP contribution in [0.4, 0.5) is 5.69 Å². The van der Waals surface area contributed by atoms with Crippen molar-refractivity contribution in [2.24, 2.45) is 0 Å². The Bertz CT molecular complexity index is 1050. The summed E-state index contributed by atoms with van der Waals surface area (Å²) in [6, 6.07) is 12.3. The van der Waals surface area contributed by atoms with Crippen molar-refractivity contribution < 1.29 is 19.0 Å². The molecule has 2 heterocycles. The van der Waals surface area contributed by atoms with E-state index in [1.165, 1.54) is 5.69 Å². The van der Waals surface area contributed by atoms with E-state index < -0.39 is 0 Å². The maximum Gasteiger partial charge on any atom is 0.162 e. The van der Waals surface area contributed by atoms with Crippen LogP contribution in [-0.2, 0) is 4.74 Å². The number of Topliss-reactive ketones (excluding diaryl/α,β-unsaturated/α-hetero) is 1. The largest absolute Gasteiger partial charge is 0.493 e. The zero-order valence-corrected chi connectivity index (χ0v) is 17.3. The monoisotopic (exact) mass is 394 g/mol. The summed E-state index contributed by atoms with van der Waals surface area (Å²) in [7, 11) is 3.22. The van der Waals surface area contributed by atoms with Crippen molar-refractivity contribution in [1.82, 2.24) is 4.57 Å². The molecular weight excluding hydrogens is 368 g/mol. The second-order valence-corrected chi connectivity index (χ2v) is 7.19. The van der Waals surface area contributed by atoms with Gasteiger partial charge in [-0.1, -0.05) is 0 Å². The third-order valence-electron chi connectivity index (χ3n) is 5.55. The lowest BCUT2D eigenvalue weighted by Gasteiger charge is -2.29. The van der Waals surface area contributed by atoms with Gasteiger partial charge in [0.2, 0.25) is 0 Å². The number of rotatable bonds is 5.